The molecule has 2 aliphatic carbocycles. The molecule has 104 valence electrons. The van der Waals surface area contributed by atoms with Gasteiger partial charge in [0.05, 0.1) is 0 Å². The Labute approximate surface area is 107 Å². The van der Waals surface area contributed by atoms with Crippen molar-refractivity contribution in [2.45, 2.75) is 57.2 Å². The lowest BCUT2D eigenvalue weighted by molar-refractivity contribution is -0.139. The Bertz CT molecular complexity index is 304. The van der Waals surface area contributed by atoms with Gasteiger partial charge in [-0.05, 0) is 38.5 Å². The highest BCUT2D eigenvalue weighted by Crippen LogP contribution is 2.32. The van der Waals surface area contributed by atoms with E-state index < -0.39 is 11.9 Å². The van der Waals surface area contributed by atoms with Crippen molar-refractivity contribution in [1.29, 1.82) is 0 Å². The van der Waals surface area contributed by atoms with Gasteiger partial charge in [-0.1, -0.05) is 0 Å². The summed E-state index contributed by atoms with van der Waals surface area (Å²) < 4.78 is 0. The maximum absolute atomic E-state index is 10.2. The van der Waals surface area contributed by atoms with Crippen LogP contribution in [0.1, 0.15) is 39.0 Å². The van der Waals surface area contributed by atoms with Crippen LogP contribution in [0.4, 0.5) is 0 Å². The number of aliphatic carboxylic acids is 2. The summed E-state index contributed by atoms with van der Waals surface area (Å²) in [6.07, 6.45) is 4.33. The summed E-state index contributed by atoms with van der Waals surface area (Å²) in [7, 11) is 0. The van der Waals surface area contributed by atoms with Gasteiger partial charge in [0, 0.05) is 18.5 Å². The summed E-state index contributed by atoms with van der Waals surface area (Å²) in [6, 6.07) is 0.401. The average Bonchev–Trinajstić information content (AvgIpc) is 3.16. The third kappa shape index (κ3) is 6.56. The first kappa shape index (κ1) is 14.9. The Kier molecular flexibility index (Phi) is 5.55. The normalized spacial score (nSPS) is 26.8. The first-order chi connectivity index (χ1) is 8.40. The predicted molar refractivity (Wildman–Crippen MR) is 66.2 cm³/mol. The molecule has 2 fully saturated rings. The summed E-state index contributed by atoms with van der Waals surface area (Å²) in [5, 5.41) is 19.6. The van der Waals surface area contributed by atoms with E-state index in [0.717, 1.165) is 25.7 Å². The zero-order valence-corrected chi connectivity index (χ0v) is 10.6. The van der Waals surface area contributed by atoms with E-state index >= 15 is 0 Å². The van der Waals surface area contributed by atoms with E-state index in [1.165, 1.54) is 0 Å². The molecule has 0 saturated heterocycles. The van der Waals surface area contributed by atoms with Crippen LogP contribution in [0.25, 0.3) is 0 Å². The molecule has 0 radical (unpaired) electrons. The number of carboxylic acids is 2. The van der Waals surface area contributed by atoms with Crippen LogP contribution in [-0.4, -0.2) is 40.3 Å². The van der Waals surface area contributed by atoms with Crippen LogP contribution >= 0.6 is 0 Å². The molecule has 6 heteroatoms. The highest BCUT2D eigenvalue weighted by Gasteiger charge is 2.32. The van der Waals surface area contributed by atoms with Crippen LogP contribution in [0.15, 0.2) is 0 Å². The van der Waals surface area contributed by atoms with Gasteiger partial charge in [-0.2, -0.15) is 0 Å². The first-order valence-electron chi connectivity index (χ1n) is 6.36. The predicted octanol–water partition coefficient (Wildman–Crippen LogP) is 0.410. The van der Waals surface area contributed by atoms with Gasteiger partial charge >= 0.3 is 11.9 Å². The van der Waals surface area contributed by atoms with Crippen LogP contribution in [0, 0.1) is 5.92 Å². The Morgan fingerprint density at radius 3 is 2.28 bits per heavy atom. The first-order valence-corrected chi connectivity index (χ1v) is 6.36. The molecule has 5 N–H and O–H groups in total. The molecule has 3 unspecified atom stereocenters. The number of rotatable bonds is 6. The fraction of sp³-hybridized carbons (Fsp3) is 0.833. The molecule has 0 aromatic rings. The van der Waals surface area contributed by atoms with Gasteiger partial charge in [0.2, 0.25) is 0 Å². The Morgan fingerprint density at radius 1 is 1.39 bits per heavy atom. The molecule has 6 nitrogen and oxygen atoms in total. The van der Waals surface area contributed by atoms with Crippen LogP contribution in [0.5, 0.6) is 0 Å². The van der Waals surface area contributed by atoms with Gasteiger partial charge in [0.25, 0.3) is 0 Å². The number of hydrogen-bond donors (Lipinski definition) is 4. The molecular weight excluding hydrogens is 236 g/mol. The monoisotopic (exact) mass is 258 g/mol. The molecule has 0 aromatic carbocycles. The third-order valence-electron chi connectivity index (χ3n) is 3.14. The zero-order chi connectivity index (χ0) is 13.7. The fourth-order valence-electron chi connectivity index (χ4n) is 1.59. The second kappa shape index (κ2) is 6.70. The lowest BCUT2D eigenvalue weighted by atomic mass is 10.2. The van der Waals surface area contributed by atoms with E-state index in [4.69, 9.17) is 15.9 Å². The van der Waals surface area contributed by atoms with Crippen molar-refractivity contribution in [1.82, 2.24) is 5.32 Å². The summed E-state index contributed by atoms with van der Waals surface area (Å²) >= 11 is 0. The molecular formula is C12H22N2O4. The second-order valence-electron chi connectivity index (χ2n) is 5.09. The van der Waals surface area contributed by atoms with Crippen molar-refractivity contribution in [3.05, 3.63) is 0 Å². The lowest BCUT2D eigenvalue weighted by Crippen LogP contribution is -2.35. The summed E-state index contributed by atoms with van der Waals surface area (Å²) in [6.45, 7) is 1.67. The number of nitrogens with one attached hydrogen (secondary N) is 1. The molecule has 2 saturated carbocycles. The van der Waals surface area contributed by atoms with Crippen molar-refractivity contribution < 1.29 is 19.8 Å². The van der Waals surface area contributed by atoms with Gasteiger partial charge in [0.15, 0.2) is 0 Å². The Balaban J connectivity index is 0.000000180. The zero-order valence-electron chi connectivity index (χ0n) is 10.6. The van der Waals surface area contributed by atoms with Gasteiger partial charge in [-0.15, -0.1) is 0 Å². The molecule has 0 bridgehead atoms. The van der Waals surface area contributed by atoms with Gasteiger partial charge in [-0.25, -0.2) is 0 Å². The maximum atomic E-state index is 10.2. The van der Waals surface area contributed by atoms with E-state index in [1.54, 1.807) is 6.92 Å². The molecule has 3 atom stereocenters. The second-order valence-corrected chi connectivity index (χ2v) is 5.09. The molecule has 18 heavy (non-hydrogen) atoms. The van der Waals surface area contributed by atoms with Gasteiger partial charge in [0.1, 0.15) is 6.04 Å². The minimum absolute atomic E-state index is 0.276. The molecule has 0 amide bonds. The quantitative estimate of drug-likeness (QED) is 0.549. The van der Waals surface area contributed by atoms with Crippen LogP contribution in [0.3, 0.4) is 0 Å². The molecule has 2 rings (SSSR count). The van der Waals surface area contributed by atoms with Gasteiger partial charge < -0.3 is 21.3 Å². The van der Waals surface area contributed by atoms with E-state index in [2.05, 4.69) is 5.32 Å². The average molecular weight is 258 g/mol. The molecule has 0 spiro atoms. The van der Waals surface area contributed by atoms with Crippen LogP contribution in [-0.2, 0) is 9.59 Å². The van der Waals surface area contributed by atoms with E-state index in [-0.39, 0.29) is 12.5 Å². The van der Waals surface area contributed by atoms with Gasteiger partial charge in [-0.3, -0.25) is 9.59 Å². The summed E-state index contributed by atoms with van der Waals surface area (Å²) in [5.41, 5.74) is 5.46. The molecule has 2 aliphatic rings. The van der Waals surface area contributed by atoms with Crippen LogP contribution < -0.4 is 11.1 Å². The van der Waals surface area contributed by atoms with Crippen molar-refractivity contribution in [2.24, 2.45) is 11.7 Å². The highest BCUT2D eigenvalue weighted by molar-refractivity contribution is 5.72. The Morgan fingerprint density at radius 2 is 1.94 bits per heavy atom. The minimum atomic E-state index is -0.762. The van der Waals surface area contributed by atoms with Crippen LogP contribution in [0.2, 0.25) is 0 Å². The number of carboxylic acid groups (broad SMARTS) is 2. The van der Waals surface area contributed by atoms with Crippen molar-refractivity contribution >= 4 is 11.9 Å². The lowest BCUT2D eigenvalue weighted by Gasteiger charge is -2.05. The number of nitrogens with two attached hydrogens (primary N) is 1. The van der Waals surface area contributed by atoms with E-state index in [9.17, 15) is 9.59 Å². The molecule has 0 aliphatic heterocycles. The minimum Gasteiger partial charge on any atom is -0.481 e. The third-order valence-corrected chi connectivity index (χ3v) is 3.14. The maximum Gasteiger partial charge on any atom is 0.320 e. The number of hydrogen-bond acceptors (Lipinski definition) is 4. The summed E-state index contributed by atoms with van der Waals surface area (Å²) in [5.74, 6) is -0.975. The highest BCUT2D eigenvalue weighted by atomic mass is 16.4. The van der Waals surface area contributed by atoms with Crippen molar-refractivity contribution in [2.75, 3.05) is 0 Å². The SMILES string of the molecule is CC(NC1CC1)C(=O)O.NC1CC1CCC(=O)O. The largest absolute Gasteiger partial charge is 0.481 e. The molecule has 0 aromatic heterocycles. The smallest absolute Gasteiger partial charge is 0.320 e. The standard InChI is InChI=1S/2C6H11NO2/c1-4(6(8)9)7-5-2-3-5;7-5-3-4(5)1-2-6(8)9/h4-5,7H,2-3H2,1H3,(H,8,9);4-5H,1-3,7H2,(H,8,9). The fourth-order valence-corrected chi connectivity index (χ4v) is 1.59. The molecule has 0 heterocycles. The van der Waals surface area contributed by atoms with E-state index in [0.29, 0.717) is 18.0 Å². The van der Waals surface area contributed by atoms with Crippen molar-refractivity contribution in [3.63, 3.8) is 0 Å². The summed E-state index contributed by atoms with van der Waals surface area (Å²) in [4.78, 5) is 20.2. The topological polar surface area (TPSA) is 113 Å². The Hall–Kier alpha value is -1.14. The number of carbonyl (C=O) groups is 2. The van der Waals surface area contributed by atoms with E-state index in [1.807, 2.05) is 0 Å². The van der Waals surface area contributed by atoms with Crippen molar-refractivity contribution in [3.8, 4) is 0 Å².